The first-order valence-corrected chi connectivity index (χ1v) is 7.20. The van der Waals surface area contributed by atoms with Gasteiger partial charge in [-0.3, -0.25) is 4.90 Å². The van der Waals surface area contributed by atoms with Crippen molar-refractivity contribution in [1.82, 2.24) is 9.80 Å². The van der Waals surface area contributed by atoms with Crippen LogP contribution in [-0.4, -0.2) is 60.7 Å². The number of carbonyl (C=O) groups excluding carboxylic acids is 1. The number of hydrogen-bond acceptors (Lipinski definition) is 4. The monoisotopic (exact) mass is 308 g/mol. The van der Waals surface area contributed by atoms with E-state index in [0.717, 1.165) is 13.1 Å². The lowest BCUT2D eigenvalue weighted by atomic mass is 10.3. The van der Waals surface area contributed by atoms with Gasteiger partial charge in [-0.05, 0) is 12.1 Å². The van der Waals surface area contributed by atoms with Gasteiger partial charge in [-0.25, -0.2) is 4.79 Å². The van der Waals surface area contributed by atoms with Gasteiger partial charge < -0.3 is 20.7 Å². The van der Waals surface area contributed by atoms with E-state index < -0.39 is 0 Å². The molecule has 1 saturated heterocycles. The largest absolute Gasteiger partial charge is 0.495 e. The standard InChI is InChI=1S/C14H20N4O2S/c1-20-12-5-3-2-4-11(12)16-14(19)18-8-6-17(7-9-18)10-13(15)21/h2-5H,6-10H2,1H3,(H2,15,21)(H,16,19). The Bertz CT molecular complexity index is 515. The molecule has 0 saturated carbocycles. The van der Waals surface area contributed by atoms with Gasteiger partial charge in [-0.2, -0.15) is 0 Å². The van der Waals surface area contributed by atoms with Crippen molar-refractivity contribution in [3.63, 3.8) is 0 Å². The Morgan fingerprint density at radius 1 is 1.33 bits per heavy atom. The third-order valence-corrected chi connectivity index (χ3v) is 3.52. The number of nitrogens with one attached hydrogen (secondary N) is 1. The molecular weight excluding hydrogens is 288 g/mol. The van der Waals surface area contributed by atoms with Crippen molar-refractivity contribution in [2.45, 2.75) is 0 Å². The summed E-state index contributed by atoms with van der Waals surface area (Å²) in [6.45, 7) is 3.47. The van der Waals surface area contributed by atoms with Crippen molar-refractivity contribution in [1.29, 1.82) is 0 Å². The minimum absolute atomic E-state index is 0.116. The first-order chi connectivity index (χ1) is 10.1. The molecule has 1 aromatic carbocycles. The summed E-state index contributed by atoms with van der Waals surface area (Å²) in [5, 5.41) is 2.88. The molecule has 0 atom stereocenters. The molecule has 0 bridgehead atoms. The summed E-state index contributed by atoms with van der Waals surface area (Å²) < 4.78 is 5.22. The number of hydrogen-bond donors (Lipinski definition) is 2. The smallest absolute Gasteiger partial charge is 0.322 e. The molecule has 1 heterocycles. The van der Waals surface area contributed by atoms with E-state index in [2.05, 4.69) is 10.2 Å². The van der Waals surface area contributed by atoms with Crippen molar-refractivity contribution in [2.75, 3.05) is 45.2 Å². The Labute approximate surface area is 129 Å². The second-order valence-corrected chi connectivity index (χ2v) is 5.38. The Hall–Kier alpha value is -1.86. The zero-order valence-corrected chi connectivity index (χ0v) is 12.9. The number of nitrogens with two attached hydrogens (primary N) is 1. The summed E-state index contributed by atoms with van der Waals surface area (Å²) >= 11 is 4.90. The van der Waals surface area contributed by atoms with E-state index >= 15 is 0 Å². The normalized spacial score (nSPS) is 15.6. The predicted molar refractivity (Wildman–Crippen MR) is 86.8 cm³/mol. The maximum atomic E-state index is 12.3. The summed E-state index contributed by atoms with van der Waals surface area (Å²) in [6, 6.07) is 7.24. The molecule has 3 N–H and O–H groups in total. The van der Waals surface area contributed by atoms with Crippen LogP contribution in [0.1, 0.15) is 0 Å². The van der Waals surface area contributed by atoms with E-state index in [9.17, 15) is 4.79 Å². The van der Waals surface area contributed by atoms with Crippen LogP contribution in [0.5, 0.6) is 5.75 Å². The van der Waals surface area contributed by atoms with Gasteiger partial charge in [0.25, 0.3) is 0 Å². The van der Waals surface area contributed by atoms with E-state index in [1.807, 2.05) is 24.3 Å². The second-order valence-electron chi connectivity index (χ2n) is 4.86. The van der Waals surface area contributed by atoms with Gasteiger partial charge in [0, 0.05) is 32.7 Å². The number of nitrogens with zero attached hydrogens (tertiary/aromatic N) is 2. The maximum absolute atomic E-state index is 12.3. The van der Waals surface area contributed by atoms with Crippen molar-refractivity contribution >= 4 is 28.9 Å². The average Bonchev–Trinajstić information content (AvgIpc) is 2.48. The molecule has 2 amide bonds. The summed E-state index contributed by atoms with van der Waals surface area (Å²) in [7, 11) is 1.58. The highest BCUT2D eigenvalue weighted by atomic mass is 32.1. The Kier molecular flexibility index (Phi) is 5.35. The minimum atomic E-state index is -0.116. The third kappa shape index (κ3) is 4.30. The number of amides is 2. The first-order valence-electron chi connectivity index (χ1n) is 6.79. The second kappa shape index (κ2) is 7.24. The summed E-state index contributed by atoms with van der Waals surface area (Å²) in [5.74, 6) is 0.651. The summed E-state index contributed by atoms with van der Waals surface area (Å²) in [5.41, 5.74) is 6.21. The molecule has 0 spiro atoms. The predicted octanol–water partition coefficient (Wildman–Crippen LogP) is 1.13. The van der Waals surface area contributed by atoms with Crippen LogP contribution in [0.2, 0.25) is 0 Å². The molecule has 0 unspecified atom stereocenters. The molecule has 21 heavy (non-hydrogen) atoms. The number of thiocarbonyl (C=S) groups is 1. The molecule has 1 aromatic rings. The van der Waals surface area contributed by atoms with Crippen molar-refractivity contribution in [3.05, 3.63) is 24.3 Å². The van der Waals surface area contributed by atoms with Crippen LogP contribution < -0.4 is 15.8 Å². The number of urea groups is 1. The van der Waals surface area contributed by atoms with E-state index in [1.54, 1.807) is 12.0 Å². The third-order valence-electron chi connectivity index (χ3n) is 3.39. The van der Waals surface area contributed by atoms with Crippen LogP contribution >= 0.6 is 12.2 Å². The van der Waals surface area contributed by atoms with Gasteiger partial charge in [0.1, 0.15) is 5.75 Å². The molecule has 7 heteroatoms. The lowest BCUT2D eigenvalue weighted by Crippen LogP contribution is -2.51. The Morgan fingerprint density at radius 2 is 2.00 bits per heavy atom. The van der Waals surface area contributed by atoms with Crippen LogP contribution in [0, 0.1) is 0 Å². The van der Waals surface area contributed by atoms with Crippen molar-refractivity contribution in [3.8, 4) is 5.75 Å². The number of rotatable bonds is 4. The zero-order chi connectivity index (χ0) is 15.2. The molecule has 1 aliphatic rings. The van der Waals surface area contributed by atoms with E-state index in [-0.39, 0.29) is 6.03 Å². The van der Waals surface area contributed by atoms with E-state index in [0.29, 0.717) is 36.1 Å². The molecule has 0 aliphatic carbocycles. The Balaban J connectivity index is 1.89. The van der Waals surface area contributed by atoms with Gasteiger partial charge in [0.05, 0.1) is 17.8 Å². The van der Waals surface area contributed by atoms with Crippen LogP contribution in [0.4, 0.5) is 10.5 Å². The number of ether oxygens (including phenoxy) is 1. The molecule has 0 radical (unpaired) electrons. The van der Waals surface area contributed by atoms with Gasteiger partial charge in [-0.1, -0.05) is 24.4 Å². The Morgan fingerprint density at radius 3 is 2.62 bits per heavy atom. The highest BCUT2D eigenvalue weighted by Crippen LogP contribution is 2.23. The number of carbonyl (C=O) groups is 1. The molecule has 1 aliphatic heterocycles. The topological polar surface area (TPSA) is 70.8 Å². The van der Waals surface area contributed by atoms with Gasteiger partial charge in [0.15, 0.2) is 0 Å². The number of methoxy groups -OCH3 is 1. The zero-order valence-electron chi connectivity index (χ0n) is 12.0. The number of para-hydroxylation sites is 2. The lowest BCUT2D eigenvalue weighted by Gasteiger charge is -2.34. The summed E-state index contributed by atoms with van der Waals surface area (Å²) in [6.07, 6.45) is 0. The maximum Gasteiger partial charge on any atom is 0.322 e. The number of anilines is 1. The van der Waals surface area contributed by atoms with Crippen molar-refractivity contribution < 1.29 is 9.53 Å². The molecule has 2 rings (SSSR count). The van der Waals surface area contributed by atoms with Gasteiger partial charge in [-0.15, -0.1) is 0 Å². The van der Waals surface area contributed by atoms with Gasteiger partial charge in [0.2, 0.25) is 0 Å². The molecular formula is C14H20N4O2S. The fourth-order valence-electron chi connectivity index (χ4n) is 2.27. The average molecular weight is 308 g/mol. The molecule has 0 aromatic heterocycles. The van der Waals surface area contributed by atoms with Gasteiger partial charge >= 0.3 is 6.03 Å². The summed E-state index contributed by atoms with van der Waals surface area (Å²) in [4.78, 5) is 16.7. The fraction of sp³-hybridized carbons (Fsp3) is 0.429. The fourth-order valence-corrected chi connectivity index (χ4v) is 2.45. The van der Waals surface area contributed by atoms with E-state index in [1.165, 1.54) is 0 Å². The van der Waals surface area contributed by atoms with Crippen LogP contribution in [0.3, 0.4) is 0 Å². The van der Waals surface area contributed by atoms with Crippen LogP contribution in [0.25, 0.3) is 0 Å². The lowest BCUT2D eigenvalue weighted by molar-refractivity contribution is 0.158. The SMILES string of the molecule is COc1ccccc1NC(=O)N1CCN(CC(N)=S)CC1. The highest BCUT2D eigenvalue weighted by molar-refractivity contribution is 7.80. The van der Waals surface area contributed by atoms with Crippen LogP contribution in [0.15, 0.2) is 24.3 Å². The number of piperazine rings is 1. The van der Waals surface area contributed by atoms with Crippen molar-refractivity contribution in [2.24, 2.45) is 5.73 Å². The molecule has 114 valence electrons. The molecule has 1 fully saturated rings. The minimum Gasteiger partial charge on any atom is -0.495 e. The number of benzene rings is 1. The highest BCUT2D eigenvalue weighted by Gasteiger charge is 2.21. The first kappa shape index (κ1) is 15.5. The molecule has 6 nitrogen and oxygen atoms in total. The van der Waals surface area contributed by atoms with Crippen LogP contribution in [-0.2, 0) is 0 Å². The van der Waals surface area contributed by atoms with E-state index in [4.69, 9.17) is 22.7 Å². The quantitative estimate of drug-likeness (QED) is 0.816.